The van der Waals surface area contributed by atoms with Crippen LogP contribution in [0.3, 0.4) is 0 Å². The third-order valence-corrected chi connectivity index (χ3v) is 11.3. The first-order chi connectivity index (χ1) is 31.1. The lowest BCUT2D eigenvalue weighted by molar-refractivity contribution is -0.143. The number of imide groups is 1. The van der Waals surface area contributed by atoms with Crippen molar-refractivity contribution in [2.45, 2.75) is 31.4 Å². The second-order valence-electron chi connectivity index (χ2n) is 15.1. The summed E-state index contributed by atoms with van der Waals surface area (Å²) in [7, 11) is 1.50. The van der Waals surface area contributed by atoms with E-state index in [-0.39, 0.29) is 94.4 Å². The molecule has 0 bridgehead atoms. The average molecular weight is 951 g/mol. The fourth-order valence-electron chi connectivity index (χ4n) is 6.82. The van der Waals surface area contributed by atoms with Crippen molar-refractivity contribution in [1.29, 1.82) is 0 Å². The van der Waals surface area contributed by atoms with E-state index in [0.29, 0.717) is 16.7 Å². The summed E-state index contributed by atoms with van der Waals surface area (Å²) in [5.41, 5.74) is -0.132. The molecule has 1 aromatic heterocycles. The number of likely N-dealkylation sites (tertiary alicyclic amines) is 1. The molecule has 0 saturated carbocycles. The number of amides is 5. The average Bonchev–Trinajstić information content (AvgIpc) is 3.48. The van der Waals surface area contributed by atoms with Gasteiger partial charge in [0.15, 0.2) is 0 Å². The van der Waals surface area contributed by atoms with Crippen molar-refractivity contribution < 1.29 is 77.9 Å². The number of carbonyl (C=O) groups is 10. The van der Waals surface area contributed by atoms with E-state index in [4.69, 9.17) is 14.6 Å². The third kappa shape index (κ3) is 18.6. The fourth-order valence-corrected chi connectivity index (χ4v) is 7.94. The summed E-state index contributed by atoms with van der Waals surface area (Å²) in [5.74, 6) is -8.27. The predicted molar refractivity (Wildman–Crippen MR) is 233 cm³/mol. The van der Waals surface area contributed by atoms with Crippen LogP contribution in [0.15, 0.2) is 27.4 Å². The van der Waals surface area contributed by atoms with Crippen LogP contribution in [0.5, 0.6) is 0 Å². The molecule has 8 N–H and O–H groups in total. The number of hydrogen-bond donors (Lipinski definition) is 8. The van der Waals surface area contributed by atoms with Crippen molar-refractivity contribution in [3.8, 4) is 0 Å². The molecule has 5 amide bonds. The molecule has 1 unspecified atom stereocenters. The Morgan fingerprint density at radius 2 is 1.21 bits per heavy atom. The van der Waals surface area contributed by atoms with Gasteiger partial charge in [-0.05, 0) is 24.6 Å². The highest BCUT2D eigenvalue weighted by Crippen LogP contribution is 2.26. The van der Waals surface area contributed by atoms with Crippen LogP contribution in [0.4, 0.5) is 5.69 Å². The van der Waals surface area contributed by atoms with Crippen molar-refractivity contribution >= 4 is 87.8 Å². The van der Waals surface area contributed by atoms with E-state index in [1.807, 2.05) is 0 Å². The number of carboxylic acids is 5. The number of carboxylic acid groups (broad SMARTS) is 5. The van der Waals surface area contributed by atoms with Gasteiger partial charge in [0, 0.05) is 95.1 Å². The maximum Gasteiger partial charge on any atom is 0.340 e. The topological polar surface area (TPSA) is 354 Å². The molecule has 26 heteroatoms. The summed E-state index contributed by atoms with van der Waals surface area (Å²) in [6.45, 7) is -2.47. The third-order valence-electron chi connectivity index (χ3n) is 10.1. The Labute approximate surface area is 381 Å². The molecule has 2 aromatic rings. The first kappa shape index (κ1) is 53.9. The Morgan fingerprint density at radius 1 is 0.712 bits per heavy atom. The molecule has 1 fully saturated rings. The van der Waals surface area contributed by atoms with Crippen molar-refractivity contribution in [3.63, 3.8) is 0 Å². The van der Waals surface area contributed by atoms with Crippen molar-refractivity contribution in [3.05, 3.63) is 39.7 Å². The minimum absolute atomic E-state index is 0.0182. The van der Waals surface area contributed by atoms with Crippen LogP contribution in [0.2, 0.25) is 0 Å². The monoisotopic (exact) mass is 950 g/mol. The van der Waals surface area contributed by atoms with Gasteiger partial charge in [0.25, 0.3) is 0 Å². The molecule has 1 aliphatic heterocycles. The van der Waals surface area contributed by atoms with E-state index >= 15 is 0 Å². The molecule has 0 spiro atoms. The zero-order chi connectivity index (χ0) is 49.1. The minimum atomic E-state index is -1.30. The van der Waals surface area contributed by atoms with E-state index < -0.39 is 104 Å². The van der Waals surface area contributed by atoms with Gasteiger partial charge in [-0.15, -0.1) is 11.8 Å². The lowest BCUT2D eigenvalue weighted by atomic mass is 10.0. The van der Waals surface area contributed by atoms with Gasteiger partial charge in [-0.3, -0.25) is 72.4 Å². The molecule has 1 aromatic carbocycles. The normalized spacial score (nSPS) is 13.8. The van der Waals surface area contributed by atoms with E-state index in [2.05, 4.69) is 16.0 Å². The van der Waals surface area contributed by atoms with Crippen molar-refractivity contribution in [1.82, 2.24) is 35.1 Å². The highest BCUT2D eigenvalue weighted by Gasteiger charge is 2.38. The van der Waals surface area contributed by atoms with Gasteiger partial charge < -0.3 is 45.9 Å². The molecule has 25 nitrogen and oxygen atoms in total. The van der Waals surface area contributed by atoms with Crippen LogP contribution < -0.4 is 21.6 Å². The number of rotatable bonds is 31. The number of nitrogens with zero attached hydrogens (tertiary/aromatic N) is 5. The maximum absolute atomic E-state index is 13.2. The van der Waals surface area contributed by atoms with Gasteiger partial charge in [0.05, 0.1) is 56.5 Å². The first-order valence-electron chi connectivity index (χ1n) is 20.4. The second kappa shape index (κ2) is 26.5. The quantitative estimate of drug-likeness (QED) is 0.0282. The molecule has 1 aliphatic rings. The first-order valence-corrected chi connectivity index (χ1v) is 21.5. The smallest absolute Gasteiger partial charge is 0.340 e. The molecule has 0 radical (unpaired) electrons. The SMILES string of the molecule is CNC(=O)CCSC1CC(=O)N(CCNC(=O)Cc2c(C)c3ccc(NC(=O)CN(CCN(CCN(CCN(CC(=O)O)CC(=O)O)CC(=O)O)CC(=O)O)CC(=O)O)cc3oc2=O)C1=O. The number of fused-ring (bicyclic) bond motifs is 1. The summed E-state index contributed by atoms with van der Waals surface area (Å²) < 4.78 is 5.49. The second-order valence-corrected chi connectivity index (χ2v) is 16.4. The van der Waals surface area contributed by atoms with E-state index in [1.54, 1.807) is 13.0 Å². The molecular weight excluding hydrogens is 897 g/mol. The molecule has 1 saturated heterocycles. The Kier molecular flexibility index (Phi) is 21.6. The van der Waals surface area contributed by atoms with Crippen LogP contribution in [0, 0.1) is 6.92 Å². The van der Waals surface area contributed by atoms with Crippen LogP contribution in [-0.4, -0.2) is 219 Å². The van der Waals surface area contributed by atoms with Gasteiger partial charge in [0.2, 0.25) is 29.5 Å². The van der Waals surface area contributed by atoms with Gasteiger partial charge in [-0.2, -0.15) is 0 Å². The van der Waals surface area contributed by atoms with E-state index in [1.165, 1.54) is 45.6 Å². The predicted octanol–water partition coefficient (Wildman–Crippen LogP) is -2.67. The standard InChI is InChI=1S/C40H54N8O17S/c1-24-26-4-3-25(15-28(26)65-40(64)27(24)16-31(50)42-6-7-48-33(52)17-29(39(48)63)66-14-5-30(49)41-2)43-32(51)18-46(21-36(57)58)12-10-44(19-34(53)54)8-9-45(20-35(55)56)11-13-47(22-37(59)60)23-38(61)62/h3-4,15,29H,5-14,16-23H2,1-2H3,(H,41,49)(H,42,50)(H,43,51)(H,53,54)(H,55,56)(H,57,58)(H,59,60)(H,61,62). The number of carbonyl (C=O) groups excluding carboxylic acids is 5. The summed E-state index contributed by atoms with van der Waals surface area (Å²) in [5, 5.41) is 54.2. The number of benzene rings is 1. The lowest BCUT2D eigenvalue weighted by Gasteiger charge is -2.29. The summed E-state index contributed by atoms with van der Waals surface area (Å²) >= 11 is 1.21. The largest absolute Gasteiger partial charge is 0.480 e. The van der Waals surface area contributed by atoms with E-state index in [0.717, 1.165) is 9.80 Å². The Bertz CT molecular complexity index is 2190. The number of aryl methyl sites for hydroxylation is 1. The number of hydrogen-bond acceptors (Lipinski definition) is 17. The molecular formula is C40H54N8O17S. The summed E-state index contributed by atoms with van der Waals surface area (Å²) in [6.07, 6.45) is -0.205. The Balaban J connectivity index is 1.60. The Morgan fingerprint density at radius 3 is 1.73 bits per heavy atom. The van der Waals surface area contributed by atoms with Crippen LogP contribution in [-0.2, 0) is 54.4 Å². The summed E-state index contributed by atoms with van der Waals surface area (Å²) in [6, 6.07) is 4.40. The van der Waals surface area contributed by atoms with Crippen LogP contribution in [0.1, 0.15) is 24.0 Å². The molecule has 1 atom stereocenters. The molecule has 3 rings (SSSR count). The van der Waals surface area contributed by atoms with E-state index in [9.17, 15) is 68.1 Å². The number of anilines is 1. The van der Waals surface area contributed by atoms with Crippen LogP contribution >= 0.6 is 11.8 Å². The van der Waals surface area contributed by atoms with Crippen molar-refractivity contribution in [2.24, 2.45) is 0 Å². The van der Waals surface area contributed by atoms with Crippen LogP contribution in [0.25, 0.3) is 11.0 Å². The lowest BCUT2D eigenvalue weighted by Crippen LogP contribution is -2.46. The maximum atomic E-state index is 13.2. The molecule has 66 heavy (non-hydrogen) atoms. The molecule has 362 valence electrons. The number of aliphatic carboxylic acids is 5. The van der Waals surface area contributed by atoms with Gasteiger partial charge >= 0.3 is 35.5 Å². The molecule has 2 heterocycles. The number of thioether (sulfide) groups is 1. The van der Waals surface area contributed by atoms with Gasteiger partial charge in [-0.25, -0.2) is 4.79 Å². The minimum Gasteiger partial charge on any atom is -0.480 e. The molecule has 0 aliphatic carbocycles. The summed E-state index contributed by atoms with van der Waals surface area (Å²) in [4.78, 5) is 139. The van der Waals surface area contributed by atoms with Gasteiger partial charge in [-0.1, -0.05) is 0 Å². The fraction of sp³-hybridized carbons (Fsp3) is 0.525. The Hall–Kier alpha value is -6.48. The van der Waals surface area contributed by atoms with Crippen molar-refractivity contribution in [2.75, 3.05) is 110 Å². The zero-order valence-corrected chi connectivity index (χ0v) is 37.1. The highest BCUT2D eigenvalue weighted by atomic mass is 32.2. The zero-order valence-electron chi connectivity index (χ0n) is 36.3. The number of nitrogens with one attached hydrogen (secondary N) is 3. The van der Waals surface area contributed by atoms with Gasteiger partial charge in [0.1, 0.15) is 5.58 Å². The highest BCUT2D eigenvalue weighted by molar-refractivity contribution is 8.00.